The van der Waals surface area contributed by atoms with Crippen molar-refractivity contribution in [2.24, 2.45) is 5.73 Å². The minimum Gasteiger partial charge on any atom is -0.501 e. The van der Waals surface area contributed by atoms with E-state index >= 15 is 0 Å². The van der Waals surface area contributed by atoms with Gasteiger partial charge in [0.1, 0.15) is 0 Å². The van der Waals surface area contributed by atoms with E-state index in [9.17, 15) is 0 Å². The second-order valence-electron chi connectivity index (χ2n) is 2.82. The predicted octanol–water partition coefficient (Wildman–Crippen LogP) is 1.68. The Hall–Kier alpha value is -1.38. The summed E-state index contributed by atoms with van der Waals surface area (Å²) in [4.78, 5) is 0. The van der Waals surface area contributed by atoms with Crippen LogP contribution in [0, 0.1) is 0 Å². The molecule has 0 atom stereocenters. The van der Waals surface area contributed by atoms with Gasteiger partial charge in [0.25, 0.3) is 0 Å². The van der Waals surface area contributed by atoms with Crippen LogP contribution in [0.5, 0.6) is 0 Å². The van der Waals surface area contributed by atoms with Crippen molar-refractivity contribution in [2.75, 3.05) is 13.2 Å². The average molecular weight is 181 g/mol. The Morgan fingerprint density at radius 2 is 2.15 bits per heavy atom. The molecule has 2 N–H and O–H groups in total. The third-order valence-electron chi connectivity index (χ3n) is 1.60. The first-order chi connectivity index (χ1) is 6.29. The van der Waals surface area contributed by atoms with E-state index in [1.54, 1.807) is 18.4 Å². The maximum atomic E-state index is 5.63. The summed E-state index contributed by atoms with van der Waals surface area (Å²) in [7, 11) is 0. The van der Waals surface area contributed by atoms with Crippen molar-refractivity contribution in [3.63, 3.8) is 0 Å². The average Bonchev–Trinajstić information content (AvgIpc) is 2.15. The van der Waals surface area contributed by atoms with Gasteiger partial charge in [-0.05, 0) is 25.2 Å². The van der Waals surface area contributed by atoms with Crippen molar-refractivity contribution in [2.45, 2.75) is 13.3 Å². The van der Waals surface area contributed by atoms with Crippen molar-refractivity contribution >= 4 is 0 Å². The van der Waals surface area contributed by atoms with Gasteiger partial charge in [0, 0.05) is 12.1 Å². The summed E-state index contributed by atoms with van der Waals surface area (Å²) >= 11 is 0. The third-order valence-corrected chi connectivity index (χ3v) is 1.60. The van der Waals surface area contributed by atoms with Gasteiger partial charge in [0.2, 0.25) is 0 Å². The number of nitrogens with two attached hydrogens (primary N) is 1. The quantitative estimate of drug-likeness (QED) is 0.618. The van der Waals surface area contributed by atoms with Gasteiger partial charge in [-0.15, -0.1) is 0 Å². The highest BCUT2D eigenvalue weighted by molar-refractivity contribution is 5.20. The van der Waals surface area contributed by atoms with Crippen molar-refractivity contribution < 1.29 is 9.47 Å². The summed E-state index contributed by atoms with van der Waals surface area (Å²) < 4.78 is 10.5. The first-order valence-electron chi connectivity index (χ1n) is 4.34. The summed E-state index contributed by atoms with van der Waals surface area (Å²) in [5, 5.41) is 0. The lowest BCUT2D eigenvalue weighted by molar-refractivity contribution is 0.167. The van der Waals surface area contributed by atoms with Crippen LogP contribution in [0.15, 0.2) is 35.9 Å². The van der Waals surface area contributed by atoms with Crippen molar-refractivity contribution in [3.05, 3.63) is 35.9 Å². The van der Waals surface area contributed by atoms with E-state index in [1.807, 2.05) is 13.0 Å². The topological polar surface area (TPSA) is 44.5 Å². The van der Waals surface area contributed by atoms with E-state index in [4.69, 9.17) is 15.2 Å². The monoisotopic (exact) mass is 181 g/mol. The Labute approximate surface area is 78.5 Å². The van der Waals surface area contributed by atoms with Crippen LogP contribution < -0.4 is 5.73 Å². The minimum atomic E-state index is 0.657. The second-order valence-corrected chi connectivity index (χ2v) is 2.82. The van der Waals surface area contributed by atoms with Crippen LogP contribution in [0.2, 0.25) is 0 Å². The van der Waals surface area contributed by atoms with E-state index < -0.39 is 0 Å². The molecule has 0 saturated heterocycles. The molecule has 0 unspecified atom stereocenters. The first kappa shape index (κ1) is 9.71. The molecule has 0 aromatic rings. The molecule has 3 heteroatoms. The molecule has 0 aromatic carbocycles. The Bertz CT molecular complexity index is 241. The zero-order valence-corrected chi connectivity index (χ0v) is 7.82. The Morgan fingerprint density at radius 1 is 1.31 bits per heavy atom. The van der Waals surface area contributed by atoms with Gasteiger partial charge in [-0.1, -0.05) is 0 Å². The summed E-state index contributed by atoms with van der Waals surface area (Å²) in [6, 6.07) is 0. The van der Waals surface area contributed by atoms with Crippen LogP contribution in [0.3, 0.4) is 0 Å². The molecule has 1 rings (SSSR count). The van der Waals surface area contributed by atoms with Gasteiger partial charge in [-0.25, -0.2) is 0 Å². The standard InChI is InChI=1S/C10H15NO2/c1-9-3-4-10(11)5-8-12-6-2-7-13-9/h3-5,8H,2,6-7,11H2,1H3/b8-5+,9-3+,10-4+. The summed E-state index contributed by atoms with van der Waals surface area (Å²) in [5.41, 5.74) is 6.29. The summed E-state index contributed by atoms with van der Waals surface area (Å²) in [6.45, 7) is 3.26. The fourth-order valence-corrected chi connectivity index (χ4v) is 0.887. The highest BCUT2D eigenvalue weighted by Gasteiger charge is 1.92. The lowest BCUT2D eigenvalue weighted by Gasteiger charge is -2.04. The van der Waals surface area contributed by atoms with Crippen LogP contribution in [0.1, 0.15) is 13.3 Å². The first-order valence-corrected chi connectivity index (χ1v) is 4.34. The fraction of sp³-hybridized carbons (Fsp3) is 0.400. The van der Waals surface area contributed by atoms with E-state index in [0.29, 0.717) is 18.9 Å². The largest absolute Gasteiger partial charge is 0.501 e. The lowest BCUT2D eigenvalue weighted by atomic mass is 10.3. The van der Waals surface area contributed by atoms with E-state index in [0.717, 1.165) is 12.2 Å². The molecule has 0 amide bonds. The molecule has 72 valence electrons. The zero-order valence-electron chi connectivity index (χ0n) is 7.82. The van der Waals surface area contributed by atoms with Crippen molar-refractivity contribution in [1.82, 2.24) is 0 Å². The normalized spacial score (nSPS) is 29.3. The molecule has 0 aromatic heterocycles. The number of ether oxygens (including phenoxy) is 2. The highest BCUT2D eigenvalue weighted by Crippen LogP contribution is 2.01. The fourth-order valence-electron chi connectivity index (χ4n) is 0.887. The van der Waals surface area contributed by atoms with Gasteiger partial charge in [-0.2, -0.15) is 0 Å². The molecule has 1 heterocycles. The molecular weight excluding hydrogens is 166 g/mol. The van der Waals surface area contributed by atoms with Gasteiger partial charge >= 0.3 is 0 Å². The van der Waals surface area contributed by atoms with Crippen LogP contribution in [-0.2, 0) is 9.47 Å². The van der Waals surface area contributed by atoms with Gasteiger partial charge in [-0.3, -0.25) is 0 Å². The van der Waals surface area contributed by atoms with Crippen LogP contribution in [0.4, 0.5) is 0 Å². The smallest absolute Gasteiger partial charge is 0.0929 e. The maximum Gasteiger partial charge on any atom is 0.0929 e. The molecule has 1 aliphatic heterocycles. The zero-order chi connectivity index (χ0) is 9.52. The SMILES string of the molecule is C\C1=C/C=C(N)\C=C\OCCCO1. The lowest BCUT2D eigenvalue weighted by Crippen LogP contribution is -1.96. The second kappa shape index (κ2) is 5.30. The van der Waals surface area contributed by atoms with E-state index in [-0.39, 0.29) is 0 Å². The van der Waals surface area contributed by atoms with Crippen molar-refractivity contribution in [3.8, 4) is 0 Å². The van der Waals surface area contributed by atoms with Crippen molar-refractivity contribution in [1.29, 1.82) is 0 Å². The molecule has 0 aliphatic carbocycles. The third kappa shape index (κ3) is 4.25. The van der Waals surface area contributed by atoms with Crippen LogP contribution in [-0.4, -0.2) is 13.2 Å². The van der Waals surface area contributed by atoms with Gasteiger partial charge < -0.3 is 15.2 Å². The Kier molecular flexibility index (Phi) is 3.96. The number of hydrogen-bond acceptors (Lipinski definition) is 3. The molecule has 0 bridgehead atoms. The molecule has 0 spiro atoms. The van der Waals surface area contributed by atoms with E-state index in [2.05, 4.69) is 0 Å². The predicted molar refractivity (Wildman–Crippen MR) is 51.7 cm³/mol. The van der Waals surface area contributed by atoms with Crippen LogP contribution in [0.25, 0.3) is 0 Å². The molecule has 1 aliphatic rings. The summed E-state index contributed by atoms with van der Waals surface area (Å²) in [6.07, 6.45) is 7.87. The highest BCUT2D eigenvalue weighted by atomic mass is 16.5. The van der Waals surface area contributed by atoms with Crippen LogP contribution >= 0.6 is 0 Å². The maximum absolute atomic E-state index is 5.63. The van der Waals surface area contributed by atoms with Gasteiger partial charge in [0.05, 0.1) is 25.2 Å². The summed E-state index contributed by atoms with van der Waals surface area (Å²) in [5.74, 6) is 0.873. The molecule has 0 saturated carbocycles. The Morgan fingerprint density at radius 3 is 3.00 bits per heavy atom. The Balaban J connectivity index is 2.63. The number of hydrogen-bond donors (Lipinski definition) is 1. The molecule has 0 radical (unpaired) electrons. The van der Waals surface area contributed by atoms with E-state index in [1.165, 1.54) is 0 Å². The molecule has 3 nitrogen and oxygen atoms in total. The number of rotatable bonds is 0. The van der Waals surface area contributed by atoms with Gasteiger partial charge in [0.15, 0.2) is 0 Å². The number of allylic oxidation sites excluding steroid dienone is 4. The molecular formula is C10H15NO2. The molecule has 0 fully saturated rings. The molecule has 13 heavy (non-hydrogen) atoms. The minimum absolute atomic E-state index is 0.657.